The fraction of sp³-hybridized carbons (Fsp3) is 0.438. The predicted molar refractivity (Wildman–Crippen MR) is 87.3 cm³/mol. The number of benzene rings is 1. The number of carbonyl (C=O) groups excluding carboxylic acids is 2. The van der Waals surface area contributed by atoms with Gasteiger partial charge in [0.25, 0.3) is 0 Å². The molecule has 0 amide bonds. The van der Waals surface area contributed by atoms with Crippen molar-refractivity contribution in [1.82, 2.24) is 0 Å². The van der Waals surface area contributed by atoms with Crippen molar-refractivity contribution >= 4 is 23.6 Å². The Hall–Kier alpha value is -3.17. The molecule has 0 aliphatic heterocycles. The minimum atomic E-state index is -1.88. The number of carbonyl (C=O) groups is 3. The first kappa shape index (κ1) is 20.9. The molecule has 1 aromatic carbocycles. The van der Waals surface area contributed by atoms with Gasteiger partial charge in [0.2, 0.25) is 5.75 Å². The zero-order valence-corrected chi connectivity index (χ0v) is 14.7. The van der Waals surface area contributed by atoms with Gasteiger partial charge in [-0.2, -0.15) is 0 Å². The van der Waals surface area contributed by atoms with Crippen molar-refractivity contribution in [2.45, 2.75) is 26.7 Å². The van der Waals surface area contributed by atoms with E-state index in [1.165, 1.54) is 28.1 Å². The van der Waals surface area contributed by atoms with Crippen molar-refractivity contribution in [3.63, 3.8) is 0 Å². The molecule has 0 aliphatic carbocycles. The number of hydrogen-bond acceptors (Lipinski definition) is 8. The quantitative estimate of drug-likeness (QED) is 0.315. The molecule has 0 radical (unpaired) electrons. The summed E-state index contributed by atoms with van der Waals surface area (Å²) < 4.78 is 14.5. The lowest BCUT2D eigenvalue weighted by Crippen LogP contribution is -2.40. The van der Waals surface area contributed by atoms with Gasteiger partial charge >= 0.3 is 23.6 Å². The van der Waals surface area contributed by atoms with Gasteiger partial charge in [0.1, 0.15) is 0 Å². The van der Waals surface area contributed by atoms with Crippen molar-refractivity contribution in [3.8, 4) is 11.5 Å². The van der Waals surface area contributed by atoms with Crippen LogP contribution in [0.2, 0.25) is 0 Å². The standard InChI is InChI=1S/C16H19NO9/c1-5-16(6-2,14(19)20)15(21)26-13(18)9-7-10(17(22)23)12(25-4)11(8-9)24-3/h7-8H,5-6H2,1-4H3,(H,19,20). The SMILES string of the molecule is CCC(CC)(C(=O)O)C(=O)OC(=O)c1cc(OC)c(OC)c([N+](=O)[O-])c1. The van der Waals surface area contributed by atoms with E-state index in [2.05, 4.69) is 4.74 Å². The lowest BCUT2D eigenvalue weighted by atomic mass is 9.82. The number of ether oxygens (including phenoxy) is 3. The normalized spacial score (nSPS) is 10.8. The topological polar surface area (TPSA) is 142 Å². The minimum Gasteiger partial charge on any atom is -0.493 e. The van der Waals surface area contributed by atoms with E-state index in [1.54, 1.807) is 0 Å². The van der Waals surface area contributed by atoms with Crippen molar-refractivity contribution in [3.05, 3.63) is 27.8 Å². The minimum absolute atomic E-state index is 0.0863. The molecule has 1 rings (SSSR count). The monoisotopic (exact) mass is 369 g/mol. The molecule has 0 bridgehead atoms. The van der Waals surface area contributed by atoms with E-state index in [0.29, 0.717) is 0 Å². The Morgan fingerprint density at radius 1 is 1.15 bits per heavy atom. The van der Waals surface area contributed by atoms with Crippen molar-refractivity contribution in [2.75, 3.05) is 14.2 Å². The maximum absolute atomic E-state index is 12.2. The van der Waals surface area contributed by atoms with Gasteiger partial charge in [-0.05, 0) is 18.9 Å². The summed E-state index contributed by atoms with van der Waals surface area (Å²) in [6.45, 7) is 2.95. The van der Waals surface area contributed by atoms with Crippen LogP contribution in [0, 0.1) is 15.5 Å². The Bertz CT molecular complexity index is 737. The molecule has 0 fully saturated rings. The first-order chi connectivity index (χ1) is 12.2. The Balaban J connectivity index is 3.30. The van der Waals surface area contributed by atoms with Gasteiger partial charge in [-0.3, -0.25) is 19.7 Å². The zero-order valence-electron chi connectivity index (χ0n) is 14.7. The van der Waals surface area contributed by atoms with E-state index in [4.69, 9.17) is 9.47 Å². The van der Waals surface area contributed by atoms with E-state index >= 15 is 0 Å². The molecule has 0 aliphatic rings. The predicted octanol–water partition coefficient (Wildman–Crippen LogP) is 2.19. The largest absolute Gasteiger partial charge is 0.493 e. The van der Waals surface area contributed by atoms with Gasteiger partial charge in [-0.25, -0.2) is 4.79 Å². The van der Waals surface area contributed by atoms with Crippen LogP contribution in [0.4, 0.5) is 5.69 Å². The molecular formula is C16H19NO9. The van der Waals surface area contributed by atoms with Crippen LogP contribution in [0.15, 0.2) is 12.1 Å². The molecule has 0 atom stereocenters. The summed E-state index contributed by atoms with van der Waals surface area (Å²) in [5.74, 6) is -4.21. The highest BCUT2D eigenvalue weighted by atomic mass is 16.6. The van der Waals surface area contributed by atoms with Gasteiger partial charge in [0.15, 0.2) is 11.2 Å². The number of aliphatic carboxylic acids is 1. The Morgan fingerprint density at radius 3 is 2.12 bits per heavy atom. The molecular weight excluding hydrogens is 350 g/mol. The second-order valence-corrected chi connectivity index (χ2v) is 5.26. The van der Waals surface area contributed by atoms with Crippen LogP contribution in [0.25, 0.3) is 0 Å². The molecule has 26 heavy (non-hydrogen) atoms. The highest BCUT2D eigenvalue weighted by Crippen LogP contribution is 2.38. The van der Waals surface area contributed by atoms with Gasteiger partial charge < -0.3 is 19.3 Å². The number of rotatable bonds is 8. The third-order valence-corrected chi connectivity index (χ3v) is 4.08. The van der Waals surface area contributed by atoms with E-state index in [-0.39, 0.29) is 29.9 Å². The summed E-state index contributed by atoms with van der Waals surface area (Å²) in [7, 11) is 2.40. The van der Waals surface area contributed by atoms with Gasteiger partial charge in [-0.1, -0.05) is 13.8 Å². The molecule has 1 N–H and O–H groups in total. The number of carboxylic acids is 1. The Labute approximate surface area is 148 Å². The maximum Gasteiger partial charge on any atom is 0.346 e. The third kappa shape index (κ3) is 3.73. The van der Waals surface area contributed by atoms with Gasteiger partial charge in [0.05, 0.1) is 24.7 Å². The number of nitrogens with zero attached hydrogens (tertiary/aromatic N) is 1. The molecule has 0 saturated carbocycles. The molecule has 10 nitrogen and oxygen atoms in total. The number of carboxylic acid groups (broad SMARTS) is 1. The average Bonchev–Trinajstić information content (AvgIpc) is 2.61. The summed E-state index contributed by atoms with van der Waals surface area (Å²) in [5.41, 5.74) is -2.80. The molecule has 0 unspecified atom stereocenters. The molecule has 1 aromatic rings. The van der Waals surface area contributed by atoms with Crippen LogP contribution < -0.4 is 9.47 Å². The fourth-order valence-corrected chi connectivity index (χ4v) is 2.37. The molecule has 10 heteroatoms. The summed E-state index contributed by atoms with van der Waals surface area (Å²) >= 11 is 0. The van der Waals surface area contributed by atoms with Crippen LogP contribution in [0.5, 0.6) is 11.5 Å². The molecule has 0 aromatic heterocycles. The second kappa shape index (κ2) is 8.28. The molecule has 142 valence electrons. The number of methoxy groups -OCH3 is 2. The molecule has 0 heterocycles. The lowest BCUT2D eigenvalue weighted by molar-refractivity contribution is -0.385. The number of esters is 2. The summed E-state index contributed by atoms with van der Waals surface area (Å²) in [4.78, 5) is 46.3. The summed E-state index contributed by atoms with van der Waals surface area (Å²) in [5, 5.41) is 20.5. The lowest BCUT2D eigenvalue weighted by Gasteiger charge is -2.23. The number of hydrogen-bond donors (Lipinski definition) is 1. The second-order valence-electron chi connectivity index (χ2n) is 5.26. The van der Waals surface area contributed by atoms with E-state index < -0.39 is 33.9 Å². The highest BCUT2D eigenvalue weighted by Gasteiger charge is 2.45. The Kier molecular flexibility index (Phi) is 6.64. The Morgan fingerprint density at radius 2 is 1.73 bits per heavy atom. The van der Waals surface area contributed by atoms with E-state index in [0.717, 1.165) is 12.1 Å². The van der Waals surface area contributed by atoms with Crippen LogP contribution in [-0.4, -0.2) is 42.2 Å². The van der Waals surface area contributed by atoms with Gasteiger partial charge in [-0.15, -0.1) is 0 Å². The van der Waals surface area contributed by atoms with Crippen molar-refractivity contribution in [2.24, 2.45) is 5.41 Å². The number of nitro benzene ring substituents is 1. The maximum atomic E-state index is 12.2. The third-order valence-electron chi connectivity index (χ3n) is 4.08. The summed E-state index contributed by atoms with van der Waals surface area (Å²) in [6.07, 6.45) is -0.173. The highest BCUT2D eigenvalue weighted by molar-refractivity contribution is 6.06. The van der Waals surface area contributed by atoms with E-state index in [9.17, 15) is 29.6 Å². The van der Waals surface area contributed by atoms with E-state index in [1.807, 2.05) is 0 Å². The van der Waals surface area contributed by atoms with Gasteiger partial charge in [0, 0.05) is 6.07 Å². The number of nitro groups is 1. The van der Waals surface area contributed by atoms with Crippen LogP contribution in [0.1, 0.15) is 37.0 Å². The van der Waals surface area contributed by atoms with Crippen LogP contribution >= 0.6 is 0 Å². The van der Waals surface area contributed by atoms with Crippen LogP contribution in [0.3, 0.4) is 0 Å². The first-order valence-electron chi connectivity index (χ1n) is 7.58. The molecule has 0 spiro atoms. The van der Waals surface area contributed by atoms with Crippen molar-refractivity contribution < 1.29 is 38.6 Å². The zero-order chi connectivity index (χ0) is 20.1. The smallest absolute Gasteiger partial charge is 0.346 e. The molecule has 0 saturated heterocycles. The fourth-order valence-electron chi connectivity index (χ4n) is 2.37. The first-order valence-corrected chi connectivity index (χ1v) is 7.58. The summed E-state index contributed by atoms with van der Waals surface area (Å²) in [6, 6.07) is 1.96. The van der Waals surface area contributed by atoms with Crippen LogP contribution in [-0.2, 0) is 14.3 Å². The van der Waals surface area contributed by atoms with Crippen molar-refractivity contribution in [1.29, 1.82) is 0 Å². The average molecular weight is 369 g/mol.